The molecular formula is C20H20N4O3. The molecule has 1 amide bonds. The lowest BCUT2D eigenvalue weighted by Crippen LogP contribution is -2.12. The van der Waals surface area contributed by atoms with Crippen molar-refractivity contribution >= 4 is 17.6 Å². The molecular weight excluding hydrogens is 344 g/mol. The van der Waals surface area contributed by atoms with Crippen LogP contribution < -0.4 is 5.32 Å². The summed E-state index contributed by atoms with van der Waals surface area (Å²) in [6.07, 6.45) is 6.18. The minimum atomic E-state index is -0.450. The number of aromatic nitrogens is 3. The first kappa shape index (κ1) is 18.3. The molecule has 0 aliphatic heterocycles. The molecule has 3 aromatic rings. The largest absolute Gasteiger partial charge is 0.461 e. The molecule has 0 radical (unpaired) electrons. The average molecular weight is 364 g/mol. The Morgan fingerprint density at radius 3 is 2.67 bits per heavy atom. The maximum Gasteiger partial charge on any atom is 0.358 e. The number of hydrogen-bond donors (Lipinski definition) is 1. The van der Waals surface area contributed by atoms with Gasteiger partial charge >= 0.3 is 5.97 Å². The van der Waals surface area contributed by atoms with Crippen molar-refractivity contribution in [2.24, 2.45) is 0 Å². The number of ether oxygens (including phenoxy) is 1. The van der Waals surface area contributed by atoms with E-state index in [0.29, 0.717) is 25.1 Å². The van der Waals surface area contributed by atoms with Gasteiger partial charge in [-0.15, -0.1) is 0 Å². The van der Waals surface area contributed by atoms with Gasteiger partial charge in [0.2, 0.25) is 5.91 Å². The van der Waals surface area contributed by atoms with Crippen molar-refractivity contribution in [2.45, 2.75) is 19.8 Å². The first-order valence-electron chi connectivity index (χ1n) is 8.67. The van der Waals surface area contributed by atoms with Gasteiger partial charge in [0.15, 0.2) is 5.69 Å². The Bertz CT molecular complexity index is 904. The molecule has 1 N–H and O–H groups in total. The van der Waals surface area contributed by atoms with Gasteiger partial charge in [-0.1, -0.05) is 6.07 Å². The van der Waals surface area contributed by atoms with E-state index in [2.05, 4.69) is 15.4 Å². The highest BCUT2D eigenvalue weighted by Crippen LogP contribution is 2.14. The second-order valence-electron chi connectivity index (χ2n) is 5.82. The standard InChI is InChI=1S/C20H20N4O3/c1-2-27-20(26)18-11-13-24(23-18)17-8-6-16(7-9-17)22-19(25)10-5-15-4-3-12-21-14-15/h3-4,6-9,11-14H,2,5,10H2,1H3,(H,22,25). The smallest absolute Gasteiger partial charge is 0.358 e. The first-order valence-corrected chi connectivity index (χ1v) is 8.67. The Hall–Kier alpha value is -3.48. The Morgan fingerprint density at radius 1 is 1.15 bits per heavy atom. The van der Waals surface area contributed by atoms with Crippen LogP contribution in [0.1, 0.15) is 29.4 Å². The Labute approximate surface area is 157 Å². The summed E-state index contributed by atoms with van der Waals surface area (Å²) in [4.78, 5) is 27.8. The quantitative estimate of drug-likeness (QED) is 0.651. The summed E-state index contributed by atoms with van der Waals surface area (Å²) in [5.74, 6) is -0.510. The number of anilines is 1. The fourth-order valence-corrected chi connectivity index (χ4v) is 2.51. The van der Waals surface area contributed by atoms with Crippen molar-refractivity contribution in [1.29, 1.82) is 0 Å². The number of nitrogens with zero attached hydrogens (tertiary/aromatic N) is 3. The first-order chi connectivity index (χ1) is 13.2. The molecule has 0 fully saturated rings. The molecule has 0 saturated carbocycles. The number of amides is 1. The molecule has 0 aliphatic carbocycles. The highest BCUT2D eigenvalue weighted by Gasteiger charge is 2.11. The molecule has 1 aromatic carbocycles. The summed E-state index contributed by atoms with van der Waals surface area (Å²) in [5.41, 5.74) is 2.76. The predicted octanol–water partition coefficient (Wildman–Crippen LogP) is 3.02. The topological polar surface area (TPSA) is 86.1 Å². The van der Waals surface area contributed by atoms with Crippen LogP contribution in [0.25, 0.3) is 5.69 Å². The molecule has 0 unspecified atom stereocenters. The molecule has 0 saturated heterocycles. The molecule has 7 heteroatoms. The van der Waals surface area contributed by atoms with E-state index in [0.717, 1.165) is 11.3 Å². The number of carbonyl (C=O) groups excluding carboxylic acids is 2. The van der Waals surface area contributed by atoms with Crippen LogP contribution in [0.4, 0.5) is 5.69 Å². The van der Waals surface area contributed by atoms with Crippen LogP contribution in [-0.4, -0.2) is 33.2 Å². The van der Waals surface area contributed by atoms with Crippen LogP contribution in [0.3, 0.4) is 0 Å². The molecule has 7 nitrogen and oxygen atoms in total. The van der Waals surface area contributed by atoms with Gasteiger partial charge in [-0.2, -0.15) is 5.10 Å². The molecule has 3 rings (SSSR count). The molecule has 0 bridgehead atoms. The average Bonchev–Trinajstić information content (AvgIpc) is 3.18. The number of esters is 1. The lowest BCUT2D eigenvalue weighted by atomic mass is 10.1. The van der Waals surface area contributed by atoms with Crippen LogP contribution in [0.15, 0.2) is 61.1 Å². The van der Waals surface area contributed by atoms with Crippen LogP contribution in [0, 0.1) is 0 Å². The minimum Gasteiger partial charge on any atom is -0.461 e. The number of rotatable bonds is 7. The van der Waals surface area contributed by atoms with E-state index in [1.54, 1.807) is 48.4 Å². The second-order valence-corrected chi connectivity index (χ2v) is 5.82. The molecule has 0 atom stereocenters. The van der Waals surface area contributed by atoms with Crippen LogP contribution in [0.2, 0.25) is 0 Å². The predicted molar refractivity (Wildman–Crippen MR) is 101 cm³/mol. The zero-order valence-corrected chi connectivity index (χ0v) is 15.0. The molecule has 2 heterocycles. The number of aryl methyl sites for hydroxylation is 1. The minimum absolute atomic E-state index is 0.0599. The third kappa shape index (κ3) is 5.01. The summed E-state index contributed by atoms with van der Waals surface area (Å²) in [5, 5.41) is 7.07. The summed E-state index contributed by atoms with van der Waals surface area (Å²) < 4.78 is 6.51. The SMILES string of the molecule is CCOC(=O)c1ccn(-c2ccc(NC(=O)CCc3cccnc3)cc2)n1. The third-order valence-corrected chi connectivity index (χ3v) is 3.85. The molecule has 27 heavy (non-hydrogen) atoms. The van der Waals surface area contributed by atoms with Gasteiger partial charge in [0, 0.05) is 30.7 Å². The van der Waals surface area contributed by atoms with Gasteiger partial charge in [-0.3, -0.25) is 9.78 Å². The van der Waals surface area contributed by atoms with E-state index in [9.17, 15) is 9.59 Å². The van der Waals surface area contributed by atoms with Crippen molar-refractivity contribution in [3.8, 4) is 5.69 Å². The van der Waals surface area contributed by atoms with E-state index < -0.39 is 5.97 Å². The number of pyridine rings is 1. The molecule has 138 valence electrons. The van der Waals surface area contributed by atoms with Crippen molar-refractivity contribution in [1.82, 2.24) is 14.8 Å². The van der Waals surface area contributed by atoms with Gasteiger partial charge in [0.1, 0.15) is 0 Å². The Balaban J connectivity index is 1.57. The van der Waals surface area contributed by atoms with Gasteiger partial charge in [0.25, 0.3) is 0 Å². The van der Waals surface area contributed by atoms with E-state index in [-0.39, 0.29) is 11.6 Å². The maximum atomic E-state index is 12.1. The van der Waals surface area contributed by atoms with Crippen LogP contribution in [0.5, 0.6) is 0 Å². The van der Waals surface area contributed by atoms with Gasteiger partial charge in [-0.05, 0) is 55.3 Å². The highest BCUT2D eigenvalue weighted by molar-refractivity contribution is 5.91. The van der Waals surface area contributed by atoms with Crippen molar-refractivity contribution < 1.29 is 14.3 Å². The van der Waals surface area contributed by atoms with E-state index in [4.69, 9.17) is 4.74 Å². The van der Waals surface area contributed by atoms with Gasteiger partial charge < -0.3 is 10.1 Å². The van der Waals surface area contributed by atoms with Crippen molar-refractivity contribution in [2.75, 3.05) is 11.9 Å². The number of carbonyl (C=O) groups is 2. The zero-order chi connectivity index (χ0) is 19.1. The second kappa shape index (κ2) is 8.75. The number of nitrogens with one attached hydrogen (secondary N) is 1. The lowest BCUT2D eigenvalue weighted by Gasteiger charge is -2.07. The van der Waals surface area contributed by atoms with Gasteiger partial charge in [-0.25, -0.2) is 9.48 Å². The summed E-state index contributed by atoms with van der Waals surface area (Å²) in [6.45, 7) is 2.06. The van der Waals surface area contributed by atoms with Crippen LogP contribution in [-0.2, 0) is 16.0 Å². The van der Waals surface area contributed by atoms with Gasteiger partial charge in [0.05, 0.1) is 12.3 Å². The maximum absolute atomic E-state index is 12.1. The van der Waals surface area contributed by atoms with E-state index >= 15 is 0 Å². The number of benzene rings is 1. The molecule has 0 spiro atoms. The summed E-state index contributed by atoms with van der Waals surface area (Å²) >= 11 is 0. The highest BCUT2D eigenvalue weighted by atomic mass is 16.5. The Morgan fingerprint density at radius 2 is 1.96 bits per heavy atom. The summed E-state index contributed by atoms with van der Waals surface area (Å²) in [6, 6.07) is 12.6. The normalized spacial score (nSPS) is 10.4. The monoisotopic (exact) mass is 364 g/mol. The molecule has 0 aliphatic rings. The summed E-state index contributed by atoms with van der Waals surface area (Å²) in [7, 11) is 0. The van der Waals surface area contributed by atoms with Crippen LogP contribution >= 0.6 is 0 Å². The van der Waals surface area contributed by atoms with Crippen molar-refractivity contribution in [3.05, 3.63) is 72.3 Å². The van der Waals surface area contributed by atoms with E-state index in [1.807, 2.05) is 24.3 Å². The van der Waals surface area contributed by atoms with E-state index in [1.165, 1.54) is 0 Å². The lowest BCUT2D eigenvalue weighted by molar-refractivity contribution is -0.116. The number of hydrogen-bond acceptors (Lipinski definition) is 5. The fourth-order valence-electron chi connectivity index (χ4n) is 2.51. The molecule has 2 aromatic heterocycles. The third-order valence-electron chi connectivity index (χ3n) is 3.85. The van der Waals surface area contributed by atoms with Crippen molar-refractivity contribution in [3.63, 3.8) is 0 Å². The zero-order valence-electron chi connectivity index (χ0n) is 15.0. The fraction of sp³-hybridized carbons (Fsp3) is 0.200. The Kier molecular flexibility index (Phi) is 5.94.